The number of nitrogens with zero attached hydrogens (tertiary/aromatic N) is 1. The molecule has 27 heavy (non-hydrogen) atoms. The number of benzene rings is 1. The molecule has 0 spiro atoms. The highest BCUT2D eigenvalue weighted by Crippen LogP contribution is 2.36. The van der Waals surface area contributed by atoms with Crippen molar-refractivity contribution in [2.24, 2.45) is 5.92 Å². The van der Waals surface area contributed by atoms with E-state index < -0.39 is 29.1 Å². The standard InChI is InChI=1S/C21H32N2O4/c1-20(2,3)27-19(26)22-17(15-11-13-23(5)14-12-15)21(4,18(24)25)16-9-7-6-8-10-16/h6-10,15,17H,11-14H2,1-5H3,(H,22,26)(H,24,25). The maximum Gasteiger partial charge on any atom is 0.407 e. The van der Waals surface area contributed by atoms with Gasteiger partial charge in [-0.25, -0.2) is 4.79 Å². The number of carboxylic acids is 1. The molecule has 1 aliphatic rings. The third kappa shape index (κ3) is 5.22. The number of alkyl carbamates (subject to hydrolysis) is 1. The molecule has 1 fully saturated rings. The number of carboxylic acid groups (broad SMARTS) is 1. The lowest BCUT2D eigenvalue weighted by molar-refractivity contribution is -0.145. The molecule has 0 bridgehead atoms. The number of hydrogen-bond donors (Lipinski definition) is 2. The van der Waals surface area contributed by atoms with Crippen molar-refractivity contribution in [3.05, 3.63) is 35.9 Å². The van der Waals surface area contributed by atoms with Crippen molar-refractivity contribution in [1.82, 2.24) is 10.2 Å². The minimum atomic E-state index is -1.25. The minimum absolute atomic E-state index is 0.0509. The Balaban J connectivity index is 2.39. The molecule has 1 saturated heterocycles. The van der Waals surface area contributed by atoms with Gasteiger partial charge in [0.1, 0.15) is 11.0 Å². The van der Waals surface area contributed by atoms with E-state index in [2.05, 4.69) is 17.3 Å². The molecule has 1 amide bonds. The highest BCUT2D eigenvalue weighted by Gasteiger charge is 2.48. The summed E-state index contributed by atoms with van der Waals surface area (Å²) in [6, 6.07) is 8.57. The molecule has 1 aromatic rings. The predicted octanol–water partition coefficient (Wildman–Crippen LogP) is 3.26. The zero-order valence-electron chi connectivity index (χ0n) is 17.0. The van der Waals surface area contributed by atoms with Gasteiger partial charge in [0, 0.05) is 0 Å². The number of hydrogen-bond acceptors (Lipinski definition) is 4. The van der Waals surface area contributed by atoms with Crippen molar-refractivity contribution in [2.75, 3.05) is 20.1 Å². The molecule has 0 radical (unpaired) electrons. The number of amides is 1. The second-order valence-electron chi connectivity index (χ2n) is 8.64. The van der Waals surface area contributed by atoms with Gasteiger partial charge in [-0.3, -0.25) is 4.79 Å². The van der Waals surface area contributed by atoms with Crippen molar-refractivity contribution in [3.63, 3.8) is 0 Å². The van der Waals surface area contributed by atoms with Crippen LogP contribution in [0.15, 0.2) is 30.3 Å². The number of ether oxygens (including phenoxy) is 1. The van der Waals surface area contributed by atoms with Crippen LogP contribution in [0.25, 0.3) is 0 Å². The van der Waals surface area contributed by atoms with Crippen LogP contribution in [0.4, 0.5) is 4.79 Å². The van der Waals surface area contributed by atoms with E-state index in [0.717, 1.165) is 25.9 Å². The summed E-state index contributed by atoms with van der Waals surface area (Å²) in [7, 11) is 2.06. The van der Waals surface area contributed by atoms with Crippen molar-refractivity contribution in [1.29, 1.82) is 0 Å². The maximum atomic E-state index is 12.5. The molecule has 1 aliphatic heterocycles. The van der Waals surface area contributed by atoms with Crippen LogP contribution in [-0.4, -0.2) is 53.8 Å². The fraction of sp³-hybridized carbons (Fsp3) is 0.619. The molecule has 6 nitrogen and oxygen atoms in total. The fourth-order valence-corrected chi connectivity index (χ4v) is 3.75. The van der Waals surface area contributed by atoms with E-state index in [1.165, 1.54) is 0 Å². The van der Waals surface area contributed by atoms with Gasteiger partial charge in [0.15, 0.2) is 0 Å². The number of carbonyl (C=O) groups is 2. The first-order valence-electron chi connectivity index (χ1n) is 9.51. The molecule has 1 heterocycles. The Morgan fingerprint density at radius 3 is 2.19 bits per heavy atom. The molecular formula is C21H32N2O4. The Morgan fingerprint density at radius 2 is 1.70 bits per heavy atom. The van der Waals surface area contributed by atoms with E-state index in [1.807, 2.05) is 30.3 Å². The van der Waals surface area contributed by atoms with Gasteiger partial charge in [0.2, 0.25) is 0 Å². The molecule has 0 aliphatic carbocycles. The molecule has 2 rings (SSSR count). The predicted molar refractivity (Wildman–Crippen MR) is 105 cm³/mol. The second-order valence-corrected chi connectivity index (χ2v) is 8.64. The van der Waals surface area contributed by atoms with Crippen molar-refractivity contribution < 1.29 is 19.4 Å². The first kappa shape index (κ1) is 21.2. The lowest BCUT2D eigenvalue weighted by Gasteiger charge is -2.42. The third-order valence-electron chi connectivity index (χ3n) is 5.35. The Hall–Kier alpha value is -2.08. The van der Waals surface area contributed by atoms with Gasteiger partial charge in [0.25, 0.3) is 0 Å². The average Bonchev–Trinajstić information content (AvgIpc) is 2.59. The first-order chi connectivity index (χ1) is 12.5. The summed E-state index contributed by atoms with van der Waals surface area (Å²) in [6.45, 7) is 8.84. The Morgan fingerprint density at radius 1 is 1.15 bits per heavy atom. The monoisotopic (exact) mass is 376 g/mol. The van der Waals surface area contributed by atoms with Crippen molar-refractivity contribution in [3.8, 4) is 0 Å². The fourth-order valence-electron chi connectivity index (χ4n) is 3.75. The van der Waals surface area contributed by atoms with Gasteiger partial charge in [-0.15, -0.1) is 0 Å². The number of carbonyl (C=O) groups excluding carboxylic acids is 1. The van der Waals surface area contributed by atoms with Crippen LogP contribution in [0, 0.1) is 5.92 Å². The summed E-state index contributed by atoms with van der Waals surface area (Å²) in [5.41, 5.74) is -1.22. The topological polar surface area (TPSA) is 78.9 Å². The van der Waals surface area contributed by atoms with Crippen LogP contribution in [-0.2, 0) is 14.9 Å². The minimum Gasteiger partial charge on any atom is -0.481 e. The molecule has 2 unspecified atom stereocenters. The van der Waals surface area contributed by atoms with Gasteiger partial charge in [0.05, 0.1) is 6.04 Å². The van der Waals surface area contributed by atoms with Crippen LogP contribution in [0.2, 0.25) is 0 Å². The number of nitrogens with one attached hydrogen (secondary N) is 1. The third-order valence-corrected chi connectivity index (χ3v) is 5.35. The smallest absolute Gasteiger partial charge is 0.407 e. The number of aliphatic carboxylic acids is 1. The maximum absolute atomic E-state index is 12.5. The zero-order chi connectivity index (χ0) is 20.2. The van der Waals surface area contributed by atoms with Crippen molar-refractivity contribution in [2.45, 2.75) is 57.6 Å². The summed E-state index contributed by atoms with van der Waals surface area (Å²) >= 11 is 0. The van der Waals surface area contributed by atoms with Crippen LogP contribution in [0.1, 0.15) is 46.1 Å². The summed E-state index contributed by atoms with van der Waals surface area (Å²) < 4.78 is 5.44. The second kappa shape index (κ2) is 8.30. The van der Waals surface area contributed by atoms with Crippen LogP contribution < -0.4 is 5.32 Å². The molecular weight excluding hydrogens is 344 g/mol. The molecule has 2 atom stereocenters. The van der Waals surface area contributed by atoms with E-state index in [-0.39, 0.29) is 5.92 Å². The first-order valence-corrected chi connectivity index (χ1v) is 9.51. The molecule has 150 valence electrons. The highest BCUT2D eigenvalue weighted by molar-refractivity contribution is 5.83. The molecule has 6 heteroatoms. The summed E-state index contributed by atoms with van der Waals surface area (Å²) in [5.74, 6) is -0.899. The van der Waals surface area contributed by atoms with Gasteiger partial charge in [-0.2, -0.15) is 0 Å². The molecule has 1 aromatic carbocycles. The summed E-state index contributed by atoms with van der Waals surface area (Å²) in [5, 5.41) is 13.1. The molecule has 2 N–H and O–H groups in total. The van der Waals surface area contributed by atoms with Gasteiger partial charge in [-0.05, 0) is 72.2 Å². The molecule has 0 saturated carbocycles. The van der Waals surface area contributed by atoms with Gasteiger partial charge < -0.3 is 20.1 Å². The zero-order valence-corrected chi connectivity index (χ0v) is 17.0. The number of likely N-dealkylation sites (tertiary alicyclic amines) is 1. The Labute approximate surface area is 161 Å². The van der Waals surface area contributed by atoms with Crippen molar-refractivity contribution >= 4 is 12.1 Å². The summed E-state index contributed by atoms with van der Waals surface area (Å²) in [6.07, 6.45) is 1.08. The van der Waals surface area contributed by atoms with Gasteiger partial charge in [-0.1, -0.05) is 30.3 Å². The number of rotatable bonds is 5. The SMILES string of the molecule is CN1CCC(C(NC(=O)OC(C)(C)C)C(C)(C(=O)O)c2ccccc2)CC1. The van der Waals surface area contributed by atoms with Crippen LogP contribution in [0.5, 0.6) is 0 Å². The lowest BCUT2D eigenvalue weighted by atomic mass is 9.69. The van der Waals surface area contributed by atoms with E-state index in [0.29, 0.717) is 5.56 Å². The van der Waals surface area contributed by atoms with E-state index >= 15 is 0 Å². The largest absolute Gasteiger partial charge is 0.481 e. The highest BCUT2D eigenvalue weighted by atomic mass is 16.6. The lowest BCUT2D eigenvalue weighted by Crippen LogP contribution is -2.59. The van der Waals surface area contributed by atoms with Gasteiger partial charge >= 0.3 is 12.1 Å². The van der Waals surface area contributed by atoms with E-state index in [9.17, 15) is 14.7 Å². The van der Waals surface area contributed by atoms with Crippen LogP contribution in [0.3, 0.4) is 0 Å². The van der Waals surface area contributed by atoms with E-state index in [1.54, 1.807) is 27.7 Å². The Bertz CT molecular complexity index is 648. The quantitative estimate of drug-likeness (QED) is 0.825. The normalized spacial score (nSPS) is 19.7. The number of piperidine rings is 1. The summed E-state index contributed by atoms with van der Waals surface area (Å²) in [4.78, 5) is 27.2. The average molecular weight is 376 g/mol. The van der Waals surface area contributed by atoms with Crippen LogP contribution >= 0.6 is 0 Å². The Kier molecular flexibility index (Phi) is 6.52. The molecule has 0 aromatic heterocycles. The van der Waals surface area contributed by atoms with E-state index in [4.69, 9.17) is 4.74 Å².